The number of aromatic nitrogens is 1. The van der Waals surface area contributed by atoms with E-state index in [0.29, 0.717) is 5.82 Å². The second kappa shape index (κ2) is 6.39. The zero-order valence-corrected chi connectivity index (χ0v) is 12.9. The van der Waals surface area contributed by atoms with Gasteiger partial charge in [-0.25, -0.2) is 4.98 Å². The Morgan fingerprint density at radius 1 is 1.05 bits per heavy atom. The van der Waals surface area contributed by atoms with Gasteiger partial charge < -0.3 is 10.6 Å². The maximum absolute atomic E-state index is 11.6. The Kier molecular flexibility index (Phi) is 4.58. The monoisotopic (exact) mass is 283 g/mol. The summed E-state index contributed by atoms with van der Waals surface area (Å²) in [6, 6.07) is 9.92. The summed E-state index contributed by atoms with van der Waals surface area (Å²) in [5.74, 6) is 0.483. The van der Waals surface area contributed by atoms with E-state index in [-0.39, 0.29) is 11.8 Å². The highest BCUT2D eigenvalue weighted by molar-refractivity contribution is 5.91. The molecule has 0 spiro atoms. The first-order valence-electron chi connectivity index (χ1n) is 7.07. The molecule has 0 aliphatic heterocycles. The minimum atomic E-state index is -0.0554. The topological polar surface area (TPSA) is 54.0 Å². The smallest absolute Gasteiger partial charge is 0.228 e. The van der Waals surface area contributed by atoms with E-state index in [2.05, 4.69) is 41.6 Å². The van der Waals surface area contributed by atoms with E-state index in [1.54, 1.807) is 12.3 Å². The molecule has 4 heteroatoms. The van der Waals surface area contributed by atoms with Gasteiger partial charge in [0.1, 0.15) is 5.82 Å². The van der Waals surface area contributed by atoms with E-state index >= 15 is 0 Å². The van der Waals surface area contributed by atoms with Crippen molar-refractivity contribution in [2.45, 2.75) is 27.7 Å². The molecular formula is C17H21N3O. The van der Waals surface area contributed by atoms with Crippen LogP contribution in [0.15, 0.2) is 36.5 Å². The predicted octanol–water partition coefficient (Wildman–Crippen LogP) is 4.04. The number of hydrogen-bond acceptors (Lipinski definition) is 3. The van der Waals surface area contributed by atoms with Crippen LogP contribution >= 0.6 is 0 Å². The van der Waals surface area contributed by atoms with E-state index in [1.165, 1.54) is 11.1 Å². The van der Waals surface area contributed by atoms with Crippen LogP contribution in [-0.2, 0) is 4.79 Å². The lowest BCUT2D eigenvalue weighted by molar-refractivity contribution is -0.118. The Hall–Kier alpha value is -2.36. The number of nitrogens with zero attached hydrogens (tertiary/aromatic N) is 1. The van der Waals surface area contributed by atoms with Crippen molar-refractivity contribution in [3.05, 3.63) is 47.7 Å². The molecule has 0 unspecified atom stereocenters. The van der Waals surface area contributed by atoms with Gasteiger partial charge in [-0.3, -0.25) is 4.79 Å². The van der Waals surface area contributed by atoms with Crippen LogP contribution in [0.1, 0.15) is 25.0 Å². The number of nitrogens with one attached hydrogen (secondary N) is 2. The first kappa shape index (κ1) is 15.0. The lowest BCUT2D eigenvalue weighted by Crippen LogP contribution is -2.18. The number of hydrogen-bond donors (Lipinski definition) is 2. The molecule has 0 fully saturated rings. The van der Waals surface area contributed by atoms with Crippen LogP contribution < -0.4 is 10.6 Å². The van der Waals surface area contributed by atoms with E-state index in [0.717, 1.165) is 11.4 Å². The fraction of sp³-hybridized carbons (Fsp3) is 0.294. The normalized spacial score (nSPS) is 10.5. The number of pyridine rings is 1. The number of anilines is 3. The summed E-state index contributed by atoms with van der Waals surface area (Å²) in [7, 11) is 0. The van der Waals surface area contributed by atoms with Crippen LogP contribution in [0.4, 0.5) is 17.2 Å². The van der Waals surface area contributed by atoms with Gasteiger partial charge in [0.2, 0.25) is 5.91 Å². The number of rotatable bonds is 4. The van der Waals surface area contributed by atoms with E-state index in [1.807, 2.05) is 26.0 Å². The third kappa shape index (κ3) is 4.05. The van der Waals surface area contributed by atoms with Gasteiger partial charge in [-0.2, -0.15) is 0 Å². The minimum absolute atomic E-state index is 0.0302. The average Bonchev–Trinajstić information content (AvgIpc) is 2.45. The van der Waals surface area contributed by atoms with Crippen molar-refractivity contribution in [2.24, 2.45) is 5.92 Å². The third-order valence-electron chi connectivity index (χ3n) is 3.33. The molecule has 1 amide bonds. The Labute approximate surface area is 125 Å². The highest BCUT2D eigenvalue weighted by atomic mass is 16.1. The summed E-state index contributed by atoms with van der Waals surface area (Å²) in [4.78, 5) is 15.8. The largest absolute Gasteiger partial charge is 0.354 e. The van der Waals surface area contributed by atoms with Crippen LogP contribution in [0.2, 0.25) is 0 Å². The molecule has 0 bridgehead atoms. The van der Waals surface area contributed by atoms with Gasteiger partial charge in [0.25, 0.3) is 0 Å². The van der Waals surface area contributed by atoms with Crippen LogP contribution in [-0.4, -0.2) is 10.9 Å². The Bertz CT molecular complexity index is 633. The molecular weight excluding hydrogens is 262 g/mol. The van der Waals surface area contributed by atoms with Gasteiger partial charge >= 0.3 is 0 Å². The molecule has 0 saturated heterocycles. The molecule has 1 heterocycles. The van der Waals surface area contributed by atoms with Gasteiger partial charge in [-0.05, 0) is 49.2 Å². The third-order valence-corrected chi connectivity index (χ3v) is 3.33. The molecule has 0 aliphatic carbocycles. The number of aryl methyl sites for hydroxylation is 2. The number of carbonyl (C=O) groups is 1. The molecule has 0 aliphatic rings. The second-order valence-electron chi connectivity index (χ2n) is 5.50. The van der Waals surface area contributed by atoms with Crippen molar-refractivity contribution in [1.29, 1.82) is 0 Å². The van der Waals surface area contributed by atoms with Crippen LogP contribution in [0, 0.1) is 19.8 Å². The summed E-state index contributed by atoms with van der Waals surface area (Å²) in [5.41, 5.74) is 4.43. The molecule has 21 heavy (non-hydrogen) atoms. The maximum Gasteiger partial charge on any atom is 0.228 e. The number of amides is 1. The van der Waals surface area contributed by atoms with E-state index in [9.17, 15) is 4.79 Å². The van der Waals surface area contributed by atoms with Crippen molar-refractivity contribution in [3.63, 3.8) is 0 Å². The molecule has 2 aromatic rings. The van der Waals surface area contributed by atoms with Gasteiger partial charge in [0.05, 0.1) is 11.9 Å². The second-order valence-corrected chi connectivity index (χ2v) is 5.50. The highest BCUT2D eigenvalue weighted by Gasteiger charge is 2.07. The summed E-state index contributed by atoms with van der Waals surface area (Å²) in [5, 5.41) is 6.07. The zero-order valence-electron chi connectivity index (χ0n) is 12.9. The molecule has 0 atom stereocenters. The predicted molar refractivity (Wildman–Crippen MR) is 86.9 cm³/mol. The highest BCUT2D eigenvalue weighted by Crippen LogP contribution is 2.20. The van der Waals surface area contributed by atoms with Gasteiger partial charge in [0.15, 0.2) is 0 Å². The molecule has 2 N–H and O–H groups in total. The fourth-order valence-electron chi connectivity index (χ4n) is 1.80. The molecule has 1 aromatic heterocycles. The van der Waals surface area contributed by atoms with Crippen molar-refractivity contribution < 1.29 is 4.79 Å². The van der Waals surface area contributed by atoms with Crippen molar-refractivity contribution >= 4 is 23.1 Å². The SMILES string of the molecule is Cc1ccc(Nc2ccc(NC(=O)C(C)C)nc2)cc1C. The molecule has 4 nitrogen and oxygen atoms in total. The lowest BCUT2D eigenvalue weighted by atomic mass is 10.1. The van der Waals surface area contributed by atoms with Crippen molar-refractivity contribution in [2.75, 3.05) is 10.6 Å². The summed E-state index contributed by atoms with van der Waals surface area (Å²) in [6.07, 6.45) is 1.71. The zero-order chi connectivity index (χ0) is 15.4. The molecule has 1 aromatic carbocycles. The average molecular weight is 283 g/mol. The van der Waals surface area contributed by atoms with Crippen molar-refractivity contribution in [1.82, 2.24) is 4.98 Å². The van der Waals surface area contributed by atoms with E-state index < -0.39 is 0 Å². The van der Waals surface area contributed by atoms with E-state index in [4.69, 9.17) is 0 Å². The standard InChI is InChI=1S/C17H21N3O/c1-11(2)17(21)20-16-8-7-15(10-18-16)19-14-6-5-12(3)13(4)9-14/h5-11,19H,1-4H3,(H,18,20,21). The Morgan fingerprint density at radius 2 is 1.76 bits per heavy atom. The van der Waals surface area contributed by atoms with Crippen molar-refractivity contribution in [3.8, 4) is 0 Å². The summed E-state index contributed by atoms with van der Waals surface area (Å²) < 4.78 is 0. The van der Waals surface area contributed by atoms with Gasteiger partial charge in [0, 0.05) is 11.6 Å². The fourth-order valence-corrected chi connectivity index (χ4v) is 1.80. The summed E-state index contributed by atoms with van der Waals surface area (Å²) >= 11 is 0. The Balaban J connectivity index is 2.05. The first-order valence-corrected chi connectivity index (χ1v) is 7.07. The molecule has 2 rings (SSSR count). The van der Waals surface area contributed by atoms with Crippen LogP contribution in [0.3, 0.4) is 0 Å². The number of benzene rings is 1. The number of carbonyl (C=O) groups excluding carboxylic acids is 1. The minimum Gasteiger partial charge on any atom is -0.354 e. The van der Waals surface area contributed by atoms with Gasteiger partial charge in [-0.1, -0.05) is 19.9 Å². The lowest BCUT2D eigenvalue weighted by Gasteiger charge is -2.10. The molecule has 0 radical (unpaired) electrons. The molecule has 0 saturated carbocycles. The summed E-state index contributed by atoms with van der Waals surface area (Å²) in [6.45, 7) is 7.88. The molecule has 110 valence electrons. The first-order chi connectivity index (χ1) is 9.95. The Morgan fingerprint density at radius 3 is 2.33 bits per heavy atom. The van der Waals surface area contributed by atoms with Crippen LogP contribution in [0.25, 0.3) is 0 Å². The quantitative estimate of drug-likeness (QED) is 0.890. The van der Waals surface area contributed by atoms with Gasteiger partial charge in [-0.15, -0.1) is 0 Å². The maximum atomic E-state index is 11.6. The van der Waals surface area contributed by atoms with Crippen LogP contribution in [0.5, 0.6) is 0 Å².